The minimum atomic E-state index is -3.12. The van der Waals surface area contributed by atoms with Crippen molar-refractivity contribution in [3.05, 3.63) is 79.1 Å². The Morgan fingerprint density at radius 3 is 2.05 bits per heavy atom. The number of amides is 1. The normalized spacial score (nSPS) is 24.8. The number of benzene rings is 1. The van der Waals surface area contributed by atoms with E-state index in [0.29, 0.717) is 35.3 Å². The van der Waals surface area contributed by atoms with Crippen molar-refractivity contribution in [2.75, 3.05) is 24.7 Å². The predicted octanol–water partition coefficient (Wildman–Crippen LogP) is 4.68. The third kappa shape index (κ3) is 9.68. The van der Waals surface area contributed by atoms with Crippen LogP contribution in [0.5, 0.6) is 0 Å². The number of anilines is 1. The van der Waals surface area contributed by atoms with E-state index in [9.17, 15) is 33.9 Å². The van der Waals surface area contributed by atoms with E-state index in [4.69, 9.17) is 22.9 Å². The van der Waals surface area contributed by atoms with Crippen molar-refractivity contribution in [1.29, 1.82) is 0 Å². The van der Waals surface area contributed by atoms with Crippen LogP contribution >= 0.6 is 16.5 Å². The Bertz CT molecular complexity index is 2470. The molecule has 1 amide bonds. The molecule has 10 unspecified atom stereocenters. The van der Waals surface area contributed by atoms with Gasteiger partial charge in [0.05, 0.1) is 37.7 Å². The van der Waals surface area contributed by atoms with Crippen LogP contribution < -0.4 is 4.90 Å². The molecule has 2 aliphatic heterocycles. The van der Waals surface area contributed by atoms with Gasteiger partial charge in [0.25, 0.3) is 5.91 Å². The summed E-state index contributed by atoms with van der Waals surface area (Å²) in [5.74, 6) is -0.570. The van der Waals surface area contributed by atoms with E-state index in [-0.39, 0.29) is 41.1 Å². The monoisotopic (exact) mass is 927 g/mol. The third-order valence-corrected chi connectivity index (χ3v) is 17.2. The van der Waals surface area contributed by atoms with E-state index in [0.717, 1.165) is 0 Å². The van der Waals surface area contributed by atoms with Crippen LogP contribution in [-0.2, 0) is 38.5 Å². The standard InChI is InChI=1S/C39H49N9O12P2Si/c1-23-26(17-49)56-37(30(23)58-61(52)53)47-21-44-28-25(40-19-41-33(28)47)15-11-8-12-16-46(36(51)24-13-9-7-10-14-24)34-29-35(43-20-42-34)48(22-45-29)38-32(59-62(54)55)31(27(18-50)57-38)60-63(5,6)39(2,3)4/h7-10,12-14,19-23,26-27,30-32,37-38,49-50H,11,15-18H2,1-6H3/p+2/b12-8+. The first kappa shape index (κ1) is 46.6. The number of aliphatic hydroxyl groups is 2. The quantitative estimate of drug-likeness (QED) is 0.0560. The number of aryl methyl sites for hydroxylation is 1. The summed E-state index contributed by atoms with van der Waals surface area (Å²) in [4.78, 5) is 62.2. The number of carbonyl (C=O) groups excluding carboxylic acids is 1. The van der Waals surface area contributed by atoms with E-state index in [1.807, 2.05) is 25.2 Å². The second-order valence-electron chi connectivity index (χ2n) is 16.8. The predicted molar refractivity (Wildman–Crippen MR) is 229 cm³/mol. The summed E-state index contributed by atoms with van der Waals surface area (Å²) >= 11 is 0. The Hall–Kier alpha value is -4.41. The van der Waals surface area contributed by atoms with Gasteiger partial charge in [-0.15, -0.1) is 18.8 Å². The summed E-state index contributed by atoms with van der Waals surface area (Å²) in [6.45, 7) is 11.3. The molecule has 0 bridgehead atoms. The van der Waals surface area contributed by atoms with Crippen LogP contribution in [0.2, 0.25) is 18.1 Å². The molecule has 0 saturated carbocycles. The Morgan fingerprint density at radius 1 is 0.825 bits per heavy atom. The summed E-state index contributed by atoms with van der Waals surface area (Å²) < 4.78 is 56.8. The summed E-state index contributed by atoms with van der Waals surface area (Å²) in [6, 6.07) is 8.69. The number of hydrogen-bond acceptors (Lipinski definition) is 16. The Labute approximate surface area is 365 Å². The second kappa shape index (κ2) is 19.4. The highest BCUT2D eigenvalue weighted by atomic mass is 31.1. The Kier molecular flexibility index (Phi) is 14.3. The van der Waals surface area contributed by atoms with Gasteiger partial charge in [-0.1, -0.05) is 58.0 Å². The molecule has 21 nitrogen and oxygen atoms in total. The highest BCUT2D eigenvalue weighted by Gasteiger charge is 2.55. The lowest BCUT2D eigenvalue weighted by molar-refractivity contribution is -0.0480. The number of ether oxygens (including phenoxy) is 2. The highest BCUT2D eigenvalue weighted by Crippen LogP contribution is 2.45. The Morgan fingerprint density at radius 2 is 1.41 bits per heavy atom. The molecule has 63 heavy (non-hydrogen) atoms. The molecule has 2 fully saturated rings. The van der Waals surface area contributed by atoms with Gasteiger partial charge in [-0.3, -0.25) is 18.8 Å². The summed E-state index contributed by atoms with van der Waals surface area (Å²) in [6.07, 6.45) is 3.84. The molecule has 10 atom stereocenters. The molecule has 4 N–H and O–H groups in total. The fraction of sp³-hybridized carbons (Fsp3) is 0.513. The number of fused-ring (bicyclic) bond motifs is 2. The number of hydrogen-bond donors (Lipinski definition) is 4. The summed E-state index contributed by atoms with van der Waals surface area (Å²) in [5.41, 5.74) is 2.42. The van der Waals surface area contributed by atoms with Crippen molar-refractivity contribution in [2.24, 2.45) is 5.92 Å². The first-order valence-corrected chi connectivity index (χ1v) is 25.4. The maximum atomic E-state index is 14.2. The van der Waals surface area contributed by atoms with E-state index >= 15 is 0 Å². The fourth-order valence-corrected chi connectivity index (χ4v) is 9.76. The number of aromatic nitrogens is 8. The maximum absolute atomic E-state index is 14.2. The zero-order valence-electron chi connectivity index (χ0n) is 35.5. The molecular weight excluding hydrogens is 877 g/mol. The van der Waals surface area contributed by atoms with Crippen LogP contribution in [0.15, 0.2) is 67.8 Å². The molecule has 0 radical (unpaired) electrons. The molecule has 336 valence electrons. The van der Waals surface area contributed by atoms with Gasteiger partial charge in [-0.2, -0.15) is 0 Å². The van der Waals surface area contributed by atoms with Gasteiger partial charge in [-0.25, -0.2) is 29.9 Å². The maximum Gasteiger partial charge on any atom is 0.695 e. The van der Waals surface area contributed by atoms with Crippen LogP contribution in [-0.4, -0.2) is 124 Å². The van der Waals surface area contributed by atoms with Crippen molar-refractivity contribution >= 4 is 58.9 Å². The largest absolute Gasteiger partial charge is 0.695 e. The zero-order chi connectivity index (χ0) is 45.2. The van der Waals surface area contributed by atoms with E-state index in [2.05, 4.69) is 50.7 Å². The van der Waals surface area contributed by atoms with Gasteiger partial charge in [0.2, 0.25) is 0 Å². The minimum Gasteiger partial charge on any atom is -0.408 e. The molecule has 4 aromatic heterocycles. The molecule has 5 aromatic rings. The molecule has 0 aliphatic carbocycles. The van der Waals surface area contributed by atoms with Crippen LogP contribution in [0.4, 0.5) is 5.82 Å². The topological polar surface area (TPSA) is 269 Å². The van der Waals surface area contributed by atoms with Gasteiger partial charge < -0.3 is 24.1 Å². The average Bonchev–Trinajstić information content (AvgIpc) is 4.02. The lowest BCUT2D eigenvalue weighted by Gasteiger charge is -2.39. The van der Waals surface area contributed by atoms with E-state index < -0.39 is 80.3 Å². The average molecular weight is 928 g/mol. The van der Waals surface area contributed by atoms with E-state index in [1.165, 1.54) is 34.8 Å². The first-order chi connectivity index (χ1) is 30.0. The molecule has 1 aromatic carbocycles. The smallest absolute Gasteiger partial charge is 0.408 e. The number of allylic oxidation sites excluding steroid dienone is 1. The number of aliphatic hydroxyl groups excluding tert-OH is 2. The zero-order valence-corrected chi connectivity index (χ0v) is 38.3. The van der Waals surface area contributed by atoms with Crippen molar-refractivity contribution in [3.63, 3.8) is 0 Å². The highest BCUT2D eigenvalue weighted by molar-refractivity contribution is 7.32. The van der Waals surface area contributed by atoms with Gasteiger partial charge >= 0.3 is 16.5 Å². The second-order valence-corrected chi connectivity index (χ2v) is 22.9. The van der Waals surface area contributed by atoms with Crippen LogP contribution in [0, 0.1) is 5.92 Å². The number of carbonyl (C=O) groups is 1. The fourth-order valence-electron chi connectivity index (χ4n) is 7.50. The summed E-state index contributed by atoms with van der Waals surface area (Å²) in [5, 5.41) is 20.0. The van der Waals surface area contributed by atoms with Gasteiger partial charge in [0.15, 0.2) is 55.6 Å². The third-order valence-electron chi connectivity index (χ3n) is 11.9. The minimum absolute atomic E-state index is 0.0733. The van der Waals surface area contributed by atoms with Crippen molar-refractivity contribution in [3.8, 4) is 0 Å². The van der Waals surface area contributed by atoms with Gasteiger partial charge in [0.1, 0.15) is 30.4 Å². The lowest BCUT2D eigenvalue weighted by Crippen LogP contribution is -2.50. The lowest BCUT2D eigenvalue weighted by atomic mass is 10.0. The van der Waals surface area contributed by atoms with Crippen LogP contribution in [0.1, 0.15) is 62.6 Å². The van der Waals surface area contributed by atoms with Gasteiger partial charge in [-0.05, 0) is 43.1 Å². The SMILES string of the molecule is CC1C(CO)OC(n2cnc3c(CC/C=C/CN(C(=O)c4ccccc4)c4ncnc5c4ncn5C4OC(CO)C(O[Si](C)(C)C(C)(C)C)C4O[P+](=O)O)ncnc32)C1O[P+](=O)O. The number of rotatable bonds is 17. The molecular formula is C39H51N9O12P2Si+2. The molecule has 24 heteroatoms. The van der Waals surface area contributed by atoms with Crippen molar-refractivity contribution < 1.29 is 56.9 Å². The first-order valence-electron chi connectivity index (χ1n) is 20.3. The molecule has 0 spiro atoms. The molecule has 6 heterocycles. The molecule has 7 rings (SSSR count). The number of nitrogens with zero attached hydrogens (tertiary/aromatic N) is 9. The van der Waals surface area contributed by atoms with Crippen LogP contribution in [0.25, 0.3) is 22.3 Å². The van der Waals surface area contributed by atoms with Crippen molar-refractivity contribution in [2.45, 2.75) is 102 Å². The van der Waals surface area contributed by atoms with E-state index in [1.54, 1.807) is 41.8 Å². The molecule has 2 aliphatic rings. The number of imidazole rings is 2. The summed E-state index contributed by atoms with van der Waals surface area (Å²) in [7, 11) is -8.58. The molecule has 2 saturated heterocycles. The van der Waals surface area contributed by atoms with Gasteiger partial charge in [0, 0.05) is 27.2 Å². The Balaban J connectivity index is 1.14. The van der Waals surface area contributed by atoms with Crippen molar-refractivity contribution in [1.82, 2.24) is 39.0 Å². The van der Waals surface area contributed by atoms with Crippen LogP contribution in [0.3, 0.4) is 0 Å².